The maximum absolute atomic E-state index is 13.2. The summed E-state index contributed by atoms with van der Waals surface area (Å²) in [6.45, 7) is 0.504. The van der Waals surface area contributed by atoms with Gasteiger partial charge in [-0.1, -0.05) is 19.3 Å². The van der Waals surface area contributed by atoms with Crippen LogP contribution < -0.4 is 4.74 Å². The monoisotopic (exact) mass is 342 g/mol. The first-order valence-corrected chi connectivity index (χ1v) is 8.22. The molecule has 1 heterocycles. The van der Waals surface area contributed by atoms with Crippen LogP contribution in [-0.4, -0.2) is 18.3 Å². The van der Waals surface area contributed by atoms with E-state index in [1.165, 1.54) is 44.2 Å². The third kappa shape index (κ3) is 3.17. The van der Waals surface area contributed by atoms with E-state index in [9.17, 15) is 4.39 Å². The number of rotatable bonds is 3. The van der Waals surface area contributed by atoms with Gasteiger partial charge in [0.1, 0.15) is 18.2 Å². The summed E-state index contributed by atoms with van der Waals surface area (Å²) >= 11 is 3.38. The largest absolute Gasteiger partial charge is 0.490 e. The molecule has 0 radical (unpaired) electrons. The summed E-state index contributed by atoms with van der Waals surface area (Å²) in [7, 11) is 0. The fourth-order valence-electron chi connectivity index (χ4n) is 3.35. The molecule has 2 nitrogen and oxygen atoms in total. The van der Waals surface area contributed by atoms with Gasteiger partial charge in [0, 0.05) is 6.07 Å². The zero-order valence-corrected chi connectivity index (χ0v) is 13.1. The van der Waals surface area contributed by atoms with Gasteiger partial charge >= 0.3 is 0 Å². The molecule has 0 amide bonds. The van der Waals surface area contributed by atoms with E-state index in [0.29, 0.717) is 12.4 Å². The van der Waals surface area contributed by atoms with E-state index in [1.54, 1.807) is 6.07 Å². The van der Waals surface area contributed by atoms with Crippen LogP contribution in [0.25, 0.3) is 0 Å². The Balaban J connectivity index is 1.56. The van der Waals surface area contributed by atoms with Crippen molar-refractivity contribution in [1.29, 1.82) is 0 Å². The van der Waals surface area contributed by atoms with Crippen molar-refractivity contribution in [2.75, 3.05) is 6.61 Å². The molecule has 1 saturated carbocycles. The Morgan fingerprint density at radius 2 is 2.05 bits per heavy atom. The maximum atomic E-state index is 13.2. The van der Waals surface area contributed by atoms with E-state index in [2.05, 4.69) is 15.9 Å². The zero-order valence-electron chi connectivity index (χ0n) is 11.5. The van der Waals surface area contributed by atoms with Crippen LogP contribution in [0.1, 0.15) is 44.9 Å². The molecule has 2 aliphatic rings. The first-order valence-electron chi connectivity index (χ1n) is 7.43. The van der Waals surface area contributed by atoms with Gasteiger partial charge in [0.15, 0.2) is 0 Å². The molecule has 110 valence electrons. The topological polar surface area (TPSA) is 18.5 Å². The van der Waals surface area contributed by atoms with Gasteiger partial charge in [-0.25, -0.2) is 4.39 Å². The van der Waals surface area contributed by atoms with E-state index in [0.717, 1.165) is 17.3 Å². The van der Waals surface area contributed by atoms with E-state index < -0.39 is 0 Å². The smallest absolute Gasteiger partial charge is 0.136 e. The predicted molar refractivity (Wildman–Crippen MR) is 79.5 cm³/mol. The van der Waals surface area contributed by atoms with Gasteiger partial charge < -0.3 is 9.47 Å². The first kappa shape index (κ1) is 14.3. The third-order valence-corrected chi connectivity index (χ3v) is 5.08. The summed E-state index contributed by atoms with van der Waals surface area (Å²) in [6.07, 6.45) is 8.61. The maximum Gasteiger partial charge on any atom is 0.136 e. The highest BCUT2D eigenvalue weighted by Crippen LogP contribution is 2.42. The Morgan fingerprint density at radius 1 is 1.25 bits per heavy atom. The Bertz CT molecular complexity index is 472. The molecule has 1 aliphatic heterocycles. The predicted octanol–water partition coefficient (Wildman–Crippen LogP) is 4.85. The number of halogens is 2. The van der Waals surface area contributed by atoms with E-state index in [1.807, 2.05) is 0 Å². The van der Waals surface area contributed by atoms with Crippen LogP contribution in [0.15, 0.2) is 22.7 Å². The first-order chi connectivity index (χ1) is 9.67. The van der Waals surface area contributed by atoms with Gasteiger partial charge in [0.25, 0.3) is 0 Å². The average molecular weight is 343 g/mol. The van der Waals surface area contributed by atoms with Gasteiger partial charge in [-0.15, -0.1) is 0 Å². The molecule has 3 rings (SSSR count). The second kappa shape index (κ2) is 6.02. The lowest BCUT2D eigenvalue weighted by molar-refractivity contribution is -0.0749. The van der Waals surface area contributed by atoms with Crippen molar-refractivity contribution in [3.63, 3.8) is 0 Å². The van der Waals surface area contributed by atoms with Crippen molar-refractivity contribution in [1.82, 2.24) is 0 Å². The van der Waals surface area contributed by atoms with Crippen molar-refractivity contribution < 1.29 is 13.9 Å². The Morgan fingerprint density at radius 3 is 2.85 bits per heavy atom. The molecule has 1 unspecified atom stereocenters. The normalized spacial score (nSPS) is 25.0. The number of hydrogen-bond donors (Lipinski definition) is 0. The number of benzene rings is 1. The summed E-state index contributed by atoms with van der Waals surface area (Å²) in [5.74, 6) is 0.275. The van der Waals surface area contributed by atoms with Gasteiger partial charge in [-0.3, -0.25) is 0 Å². The molecule has 0 aromatic heterocycles. The van der Waals surface area contributed by atoms with E-state index >= 15 is 0 Å². The molecule has 1 spiro atoms. The lowest BCUT2D eigenvalue weighted by Gasteiger charge is -2.33. The molecule has 20 heavy (non-hydrogen) atoms. The molecule has 1 aromatic rings. The van der Waals surface area contributed by atoms with Crippen LogP contribution in [0.2, 0.25) is 0 Å². The lowest BCUT2D eigenvalue weighted by Crippen LogP contribution is -2.32. The van der Waals surface area contributed by atoms with Crippen molar-refractivity contribution in [3.8, 4) is 5.75 Å². The SMILES string of the molecule is Fc1ccc(Br)c(OCC2CCC3(CCCCC3)O2)c1. The van der Waals surface area contributed by atoms with Crippen LogP contribution in [-0.2, 0) is 4.74 Å². The average Bonchev–Trinajstić information content (AvgIpc) is 2.84. The number of ether oxygens (including phenoxy) is 2. The summed E-state index contributed by atoms with van der Waals surface area (Å²) in [4.78, 5) is 0. The quantitative estimate of drug-likeness (QED) is 0.781. The van der Waals surface area contributed by atoms with E-state index in [4.69, 9.17) is 9.47 Å². The molecule has 1 aromatic carbocycles. The molecular formula is C16H20BrFO2. The molecule has 1 saturated heterocycles. The van der Waals surface area contributed by atoms with E-state index in [-0.39, 0.29) is 17.5 Å². The highest BCUT2D eigenvalue weighted by Gasteiger charge is 2.40. The molecule has 1 aliphatic carbocycles. The molecule has 0 bridgehead atoms. The van der Waals surface area contributed by atoms with Crippen LogP contribution in [0, 0.1) is 5.82 Å². The Kier molecular flexibility index (Phi) is 4.32. The third-order valence-electron chi connectivity index (χ3n) is 4.42. The van der Waals surface area contributed by atoms with Crippen molar-refractivity contribution >= 4 is 15.9 Å². The second-order valence-corrected chi connectivity index (χ2v) is 6.76. The summed E-state index contributed by atoms with van der Waals surface area (Å²) in [5, 5.41) is 0. The summed E-state index contributed by atoms with van der Waals surface area (Å²) in [5.41, 5.74) is 0.117. The summed E-state index contributed by atoms with van der Waals surface area (Å²) in [6, 6.07) is 4.50. The summed E-state index contributed by atoms with van der Waals surface area (Å²) < 4.78 is 26.0. The number of hydrogen-bond acceptors (Lipinski definition) is 2. The fourth-order valence-corrected chi connectivity index (χ4v) is 3.71. The Hall–Kier alpha value is -0.610. The molecule has 4 heteroatoms. The van der Waals surface area contributed by atoms with Crippen molar-refractivity contribution in [2.24, 2.45) is 0 Å². The van der Waals surface area contributed by atoms with Crippen molar-refractivity contribution in [2.45, 2.75) is 56.7 Å². The van der Waals surface area contributed by atoms with Gasteiger partial charge in [-0.05, 0) is 53.7 Å². The highest BCUT2D eigenvalue weighted by atomic mass is 79.9. The minimum absolute atomic E-state index is 0.117. The highest BCUT2D eigenvalue weighted by molar-refractivity contribution is 9.10. The van der Waals surface area contributed by atoms with Gasteiger partial charge in [0.05, 0.1) is 16.2 Å². The molecule has 2 fully saturated rings. The minimum atomic E-state index is -0.278. The van der Waals surface area contributed by atoms with Gasteiger partial charge in [-0.2, -0.15) is 0 Å². The fraction of sp³-hybridized carbons (Fsp3) is 0.625. The molecule has 0 N–H and O–H groups in total. The second-order valence-electron chi connectivity index (χ2n) is 5.91. The minimum Gasteiger partial charge on any atom is -0.490 e. The molecule has 1 atom stereocenters. The molecular weight excluding hydrogens is 323 g/mol. The zero-order chi connectivity index (χ0) is 14.0. The van der Waals surface area contributed by atoms with Crippen LogP contribution in [0.5, 0.6) is 5.75 Å². The van der Waals surface area contributed by atoms with Crippen molar-refractivity contribution in [3.05, 3.63) is 28.5 Å². The van der Waals surface area contributed by atoms with Crippen LogP contribution in [0.3, 0.4) is 0 Å². The van der Waals surface area contributed by atoms with Gasteiger partial charge in [0.2, 0.25) is 0 Å². The Labute approximate surface area is 127 Å². The lowest BCUT2D eigenvalue weighted by atomic mass is 9.83. The van der Waals surface area contributed by atoms with Crippen LogP contribution >= 0.6 is 15.9 Å². The van der Waals surface area contributed by atoms with Crippen LogP contribution in [0.4, 0.5) is 4.39 Å². The standard InChI is InChI=1S/C16H20BrFO2/c17-14-5-4-12(18)10-15(14)19-11-13-6-9-16(20-13)7-2-1-3-8-16/h4-5,10,13H,1-3,6-9,11H2.